The van der Waals surface area contributed by atoms with Gasteiger partial charge in [0, 0.05) is 68.3 Å². The molecular formula is C43H44F2N6O4. The Morgan fingerprint density at radius 1 is 0.927 bits per heavy atom. The van der Waals surface area contributed by atoms with Crippen LogP contribution in [0, 0.1) is 12.7 Å². The standard InChI is InChI=1S/C43H44F2N6O4/c1-28-38(43(54)51(33-8-10-36(52)11-9-33)34-22-30-13-15-47(2)41(30)46-25-34)24-40(49(28)16-14-44)39-23-32(45)7-12-37(39)42(53)50-26-31-6-4-3-5-29(31)21-35(50)27-48-17-19-55-20-18-48/h3-12,22-25,35,52H,13-21,26-27H2,1-2H3/t35-/m0/s1. The summed E-state index contributed by atoms with van der Waals surface area (Å²) in [7, 11) is 1.97. The summed E-state index contributed by atoms with van der Waals surface area (Å²) in [5.41, 5.74) is 5.92. The van der Waals surface area contributed by atoms with Crippen molar-refractivity contribution in [2.45, 2.75) is 38.9 Å². The van der Waals surface area contributed by atoms with Gasteiger partial charge in [-0.2, -0.15) is 0 Å². The number of rotatable bonds is 9. The van der Waals surface area contributed by atoms with E-state index in [1.165, 1.54) is 40.8 Å². The number of alkyl halides is 1. The first-order valence-electron chi connectivity index (χ1n) is 18.8. The number of morpholine rings is 1. The number of hydrogen-bond acceptors (Lipinski definition) is 7. The summed E-state index contributed by atoms with van der Waals surface area (Å²) in [5.74, 6) is -0.343. The fourth-order valence-corrected chi connectivity index (χ4v) is 8.24. The zero-order chi connectivity index (χ0) is 38.2. The summed E-state index contributed by atoms with van der Waals surface area (Å²) < 4.78 is 36.9. The van der Waals surface area contributed by atoms with Crippen molar-refractivity contribution in [3.8, 4) is 17.0 Å². The summed E-state index contributed by atoms with van der Waals surface area (Å²) in [6, 6.07) is 22.0. The van der Waals surface area contributed by atoms with Crippen LogP contribution >= 0.6 is 0 Å². The van der Waals surface area contributed by atoms with E-state index in [-0.39, 0.29) is 40.9 Å². The Morgan fingerprint density at radius 3 is 2.45 bits per heavy atom. The zero-order valence-electron chi connectivity index (χ0n) is 31.0. The number of ether oxygens (including phenoxy) is 1. The van der Waals surface area contributed by atoms with Crippen LogP contribution in [0.25, 0.3) is 11.3 Å². The van der Waals surface area contributed by atoms with E-state index in [0.717, 1.165) is 43.0 Å². The lowest BCUT2D eigenvalue weighted by Crippen LogP contribution is -2.52. The largest absolute Gasteiger partial charge is 0.508 e. The van der Waals surface area contributed by atoms with Gasteiger partial charge in [0.25, 0.3) is 11.8 Å². The molecule has 12 heteroatoms. The first-order valence-corrected chi connectivity index (χ1v) is 18.8. The molecule has 5 aromatic rings. The predicted octanol–water partition coefficient (Wildman–Crippen LogP) is 6.54. The number of carbonyl (C=O) groups excluding carboxylic acids is 2. The summed E-state index contributed by atoms with van der Waals surface area (Å²) in [6.07, 6.45) is 3.09. The van der Waals surface area contributed by atoms with Crippen molar-refractivity contribution >= 4 is 29.0 Å². The van der Waals surface area contributed by atoms with E-state index in [2.05, 4.69) is 20.9 Å². The molecule has 0 bridgehead atoms. The van der Waals surface area contributed by atoms with Crippen molar-refractivity contribution in [2.75, 3.05) is 62.9 Å². The van der Waals surface area contributed by atoms with Gasteiger partial charge in [-0.3, -0.25) is 19.4 Å². The molecule has 3 aliphatic rings. The quantitative estimate of drug-likeness (QED) is 0.183. The Hall–Kier alpha value is -5.59. The molecule has 0 unspecified atom stereocenters. The minimum absolute atomic E-state index is 0.0464. The van der Waals surface area contributed by atoms with Crippen molar-refractivity contribution in [3.05, 3.63) is 124 Å². The normalized spacial score (nSPS) is 16.9. The average molecular weight is 747 g/mol. The predicted molar refractivity (Wildman–Crippen MR) is 207 cm³/mol. The second-order valence-corrected chi connectivity index (χ2v) is 14.5. The number of aromatic nitrogens is 2. The van der Waals surface area contributed by atoms with Crippen molar-refractivity contribution in [2.24, 2.45) is 0 Å². The molecule has 0 saturated carbocycles. The number of aromatic hydroxyl groups is 1. The van der Waals surface area contributed by atoms with Crippen LogP contribution in [-0.2, 0) is 30.7 Å². The molecule has 5 heterocycles. The van der Waals surface area contributed by atoms with Gasteiger partial charge in [-0.05, 0) is 91.1 Å². The molecule has 1 atom stereocenters. The van der Waals surface area contributed by atoms with Gasteiger partial charge in [0.1, 0.15) is 24.1 Å². The van der Waals surface area contributed by atoms with Crippen LogP contribution in [0.1, 0.15) is 43.1 Å². The van der Waals surface area contributed by atoms with E-state index in [9.17, 15) is 19.1 Å². The number of anilines is 3. The lowest BCUT2D eigenvalue weighted by atomic mass is 9.92. The second kappa shape index (κ2) is 15.3. The van der Waals surface area contributed by atoms with Crippen LogP contribution in [0.2, 0.25) is 0 Å². The summed E-state index contributed by atoms with van der Waals surface area (Å²) in [6.45, 7) is 5.55. The van der Waals surface area contributed by atoms with Gasteiger partial charge in [-0.25, -0.2) is 13.8 Å². The minimum Gasteiger partial charge on any atom is -0.508 e. The van der Waals surface area contributed by atoms with Crippen molar-refractivity contribution < 1.29 is 28.2 Å². The van der Waals surface area contributed by atoms with Gasteiger partial charge in [0.15, 0.2) is 0 Å². The molecule has 0 radical (unpaired) electrons. The van der Waals surface area contributed by atoms with Crippen molar-refractivity contribution in [3.63, 3.8) is 0 Å². The first kappa shape index (κ1) is 36.4. The highest BCUT2D eigenvalue weighted by atomic mass is 19.1. The van der Waals surface area contributed by atoms with Gasteiger partial charge in [-0.1, -0.05) is 24.3 Å². The first-order chi connectivity index (χ1) is 26.7. The Bertz CT molecular complexity index is 2240. The maximum Gasteiger partial charge on any atom is 0.264 e. The Labute approximate surface area is 319 Å². The number of amides is 2. The lowest BCUT2D eigenvalue weighted by molar-refractivity contribution is 0.0193. The number of nitrogens with zero attached hydrogens (tertiary/aromatic N) is 6. The number of benzene rings is 3. The smallest absolute Gasteiger partial charge is 0.264 e. The zero-order valence-corrected chi connectivity index (χ0v) is 31.0. The second-order valence-electron chi connectivity index (χ2n) is 14.5. The van der Waals surface area contributed by atoms with Gasteiger partial charge in [0.2, 0.25) is 0 Å². The minimum atomic E-state index is -0.747. The molecule has 2 amide bonds. The average Bonchev–Trinajstić information content (AvgIpc) is 3.73. The Kier molecular flexibility index (Phi) is 10.1. The van der Waals surface area contributed by atoms with E-state index in [0.29, 0.717) is 55.5 Å². The van der Waals surface area contributed by atoms with Crippen LogP contribution < -0.4 is 9.80 Å². The van der Waals surface area contributed by atoms with E-state index in [1.807, 2.05) is 36.2 Å². The number of fused-ring (bicyclic) bond motifs is 2. The molecule has 1 saturated heterocycles. The van der Waals surface area contributed by atoms with E-state index in [1.54, 1.807) is 35.9 Å². The number of pyridine rings is 1. The molecule has 3 aromatic carbocycles. The monoisotopic (exact) mass is 746 g/mol. The van der Waals surface area contributed by atoms with E-state index >= 15 is 4.39 Å². The van der Waals surface area contributed by atoms with Gasteiger partial charge in [-0.15, -0.1) is 0 Å². The summed E-state index contributed by atoms with van der Waals surface area (Å²) in [4.78, 5) is 42.2. The van der Waals surface area contributed by atoms with Crippen LogP contribution in [0.5, 0.6) is 5.75 Å². The molecule has 8 rings (SSSR count). The molecule has 10 nitrogen and oxygen atoms in total. The molecule has 2 aromatic heterocycles. The third kappa shape index (κ3) is 7.07. The SMILES string of the molecule is Cc1c(C(=O)N(c2ccc(O)cc2)c2cnc3c(c2)CCN3C)cc(-c2cc(F)ccc2C(=O)N2Cc3ccccc3C[C@H]2CN2CCOCC2)n1CCF. The summed E-state index contributed by atoms with van der Waals surface area (Å²) >= 11 is 0. The van der Waals surface area contributed by atoms with E-state index in [4.69, 9.17) is 4.74 Å². The van der Waals surface area contributed by atoms with Gasteiger partial charge >= 0.3 is 0 Å². The van der Waals surface area contributed by atoms with Crippen LogP contribution in [0.4, 0.5) is 26.0 Å². The molecule has 3 aliphatic heterocycles. The van der Waals surface area contributed by atoms with Crippen LogP contribution in [0.3, 0.4) is 0 Å². The van der Waals surface area contributed by atoms with Crippen LogP contribution in [0.15, 0.2) is 85.1 Å². The highest BCUT2D eigenvalue weighted by molar-refractivity contribution is 6.12. The highest BCUT2D eigenvalue weighted by Gasteiger charge is 2.34. The molecule has 1 N–H and O–H groups in total. The number of carbonyl (C=O) groups is 2. The van der Waals surface area contributed by atoms with Gasteiger partial charge in [0.05, 0.1) is 42.9 Å². The number of hydrogen-bond donors (Lipinski definition) is 1. The highest BCUT2D eigenvalue weighted by Crippen LogP contribution is 2.37. The molecule has 284 valence electrons. The fraction of sp³-hybridized carbons (Fsp3) is 0.326. The maximum atomic E-state index is 15.3. The van der Waals surface area contributed by atoms with E-state index < -0.39 is 18.4 Å². The molecule has 55 heavy (non-hydrogen) atoms. The Morgan fingerprint density at radius 2 is 1.69 bits per heavy atom. The Balaban J connectivity index is 1.21. The summed E-state index contributed by atoms with van der Waals surface area (Å²) in [5, 5.41) is 10.1. The fourth-order valence-electron chi connectivity index (χ4n) is 8.24. The molecule has 0 aliphatic carbocycles. The molecule has 1 fully saturated rings. The maximum absolute atomic E-state index is 15.3. The van der Waals surface area contributed by atoms with Crippen LogP contribution in [-0.4, -0.2) is 95.4 Å². The third-order valence-corrected chi connectivity index (χ3v) is 11.2. The topological polar surface area (TPSA) is 94.4 Å². The third-order valence-electron chi connectivity index (χ3n) is 11.2. The van der Waals surface area contributed by atoms with Crippen molar-refractivity contribution in [1.82, 2.24) is 19.4 Å². The van der Waals surface area contributed by atoms with Gasteiger partial charge < -0.3 is 24.2 Å². The molecular weight excluding hydrogens is 703 g/mol. The lowest BCUT2D eigenvalue weighted by Gasteiger charge is -2.40. The number of halogens is 2. The number of likely N-dealkylation sites (N-methyl/N-ethyl adjacent to an activating group) is 1. The number of phenols is 1. The van der Waals surface area contributed by atoms with Crippen molar-refractivity contribution in [1.29, 1.82) is 0 Å². The molecule has 0 spiro atoms. The number of phenolic OH excluding ortho intramolecular Hbond substituents is 1.